The van der Waals surface area contributed by atoms with Crippen molar-refractivity contribution in [2.45, 2.75) is 6.54 Å². The van der Waals surface area contributed by atoms with Crippen LogP contribution in [0.2, 0.25) is 0 Å². The Kier molecular flexibility index (Phi) is 4.84. The van der Waals surface area contributed by atoms with E-state index in [1.165, 1.54) is 13.2 Å². The van der Waals surface area contributed by atoms with E-state index in [1.807, 2.05) is 30.3 Å². The summed E-state index contributed by atoms with van der Waals surface area (Å²) in [4.78, 5) is 4.27. The van der Waals surface area contributed by atoms with Gasteiger partial charge in [-0.15, -0.1) is 0 Å². The molecule has 0 aliphatic carbocycles. The Balaban J connectivity index is 2.00. The first-order valence-electron chi connectivity index (χ1n) is 7.14. The Morgan fingerprint density at radius 3 is 2.67 bits per heavy atom. The van der Waals surface area contributed by atoms with Gasteiger partial charge in [-0.25, -0.2) is 13.3 Å². The van der Waals surface area contributed by atoms with E-state index in [1.54, 1.807) is 12.3 Å². The fourth-order valence-corrected chi connectivity index (χ4v) is 2.79. The predicted octanol–water partition coefficient (Wildman–Crippen LogP) is 3.28. The summed E-state index contributed by atoms with van der Waals surface area (Å²) in [6.45, 7) is 0.284. The summed E-state index contributed by atoms with van der Waals surface area (Å²) in [6.07, 6.45) is 1.67. The van der Waals surface area contributed by atoms with Gasteiger partial charge in [0.2, 0.25) is 11.3 Å². The molecule has 7 heteroatoms. The number of ether oxygens (including phenoxy) is 1. The van der Waals surface area contributed by atoms with Gasteiger partial charge < -0.3 is 4.74 Å². The molecule has 24 heavy (non-hydrogen) atoms. The molecule has 0 bridgehead atoms. The van der Waals surface area contributed by atoms with Crippen molar-refractivity contribution in [3.63, 3.8) is 0 Å². The Morgan fingerprint density at radius 2 is 2.00 bits per heavy atom. The second-order valence-electron chi connectivity index (χ2n) is 5.13. The number of nitrogens with one attached hydrogen (secondary N) is 1. The summed E-state index contributed by atoms with van der Waals surface area (Å²) in [5.74, 6) is -0.281. The number of rotatable bonds is 5. The first-order valence-corrected chi connectivity index (χ1v) is 8.25. The van der Waals surface area contributed by atoms with Crippen LogP contribution in [0, 0.1) is 5.82 Å². The molecule has 1 aromatic heterocycles. The minimum Gasteiger partial charge on any atom is -0.494 e. The van der Waals surface area contributed by atoms with Gasteiger partial charge in [0.05, 0.1) is 12.6 Å². The van der Waals surface area contributed by atoms with Crippen molar-refractivity contribution in [1.29, 1.82) is 0 Å². The third kappa shape index (κ3) is 3.43. The minimum absolute atomic E-state index is 0.158. The topological polar surface area (TPSA) is 71.5 Å². The summed E-state index contributed by atoms with van der Waals surface area (Å²) < 4.78 is 40.8. The van der Waals surface area contributed by atoms with Gasteiger partial charge in [0, 0.05) is 24.2 Å². The second kappa shape index (κ2) is 7.04. The van der Waals surface area contributed by atoms with Crippen LogP contribution in [0.3, 0.4) is 0 Å². The lowest BCUT2D eigenvalue weighted by Crippen LogP contribution is -2.15. The normalized spacial score (nSPS) is 12.3. The van der Waals surface area contributed by atoms with Crippen molar-refractivity contribution in [3.8, 4) is 16.9 Å². The van der Waals surface area contributed by atoms with Crippen molar-refractivity contribution in [2.24, 2.45) is 0 Å². The minimum atomic E-state index is -2.04. The van der Waals surface area contributed by atoms with E-state index in [0.717, 1.165) is 16.7 Å². The number of methoxy groups -OCH3 is 1. The summed E-state index contributed by atoms with van der Waals surface area (Å²) in [6, 6.07) is 12.3. The molecule has 0 aliphatic heterocycles. The molecular weight excluding hydrogens is 331 g/mol. The molecule has 5 nitrogen and oxygen atoms in total. The molecule has 0 fully saturated rings. The Bertz CT molecular complexity index is 900. The van der Waals surface area contributed by atoms with Crippen LogP contribution in [0.25, 0.3) is 22.0 Å². The van der Waals surface area contributed by atoms with Gasteiger partial charge in [-0.2, -0.15) is 0 Å². The third-order valence-electron chi connectivity index (χ3n) is 3.68. The van der Waals surface area contributed by atoms with Crippen molar-refractivity contribution < 1.29 is 17.9 Å². The number of hydrogen-bond donors (Lipinski definition) is 2. The third-order valence-corrected chi connectivity index (χ3v) is 4.07. The van der Waals surface area contributed by atoms with Crippen molar-refractivity contribution in [1.82, 2.24) is 9.71 Å². The average Bonchev–Trinajstić information content (AvgIpc) is 2.59. The molecule has 3 rings (SSSR count). The molecule has 2 aromatic carbocycles. The van der Waals surface area contributed by atoms with E-state index in [2.05, 4.69) is 9.71 Å². The molecule has 1 unspecified atom stereocenters. The van der Waals surface area contributed by atoms with Crippen LogP contribution in [-0.2, 0) is 17.8 Å². The van der Waals surface area contributed by atoms with Gasteiger partial charge in [0.25, 0.3) is 0 Å². The SMILES string of the molecule is COc1cc2nccc(-c3ccc(CNS(=O)O)cc3)c2cc1F. The quantitative estimate of drug-likeness (QED) is 0.696. The maximum Gasteiger partial charge on any atom is 0.232 e. The molecule has 0 saturated carbocycles. The fourth-order valence-electron chi connectivity index (χ4n) is 2.50. The molecule has 0 amide bonds. The number of halogens is 1. The molecule has 1 heterocycles. The first-order chi connectivity index (χ1) is 11.6. The van der Waals surface area contributed by atoms with E-state index in [-0.39, 0.29) is 12.3 Å². The standard InChI is InChI=1S/C17H15FN2O3S/c1-23-17-9-16-14(8-15(17)18)13(6-7-19-16)12-4-2-11(3-5-12)10-20-24(21)22/h2-9,20H,10H2,1H3,(H,21,22). The van der Waals surface area contributed by atoms with Crippen LogP contribution in [0.4, 0.5) is 4.39 Å². The molecule has 3 aromatic rings. The number of aromatic nitrogens is 1. The van der Waals surface area contributed by atoms with Gasteiger partial charge in [-0.3, -0.25) is 9.54 Å². The number of fused-ring (bicyclic) bond motifs is 1. The summed E-state index contributed by atoms with van der Waals surface area (Å²) in [5, 5.41) is 0.693. The zero-order chi connectivity index (χ0) is 17.1. The average molecular weight is 346 g/mol. The summed E-state index contributed by atoms with van der Waals surface area (Å²) in [5.41, 5.74) is 3.27. The Labute approximate surface area is 140 Å². The highest BCUT2D eigenvalue weighted by molar-refractivity contribution is 7.77. The van der Waals surface area contributed by atoms with E-state index in [9.17, 15) is 8.60 Å². The maximum absolute atomic E-state index is 14.0. The van der Waals surface area contributed by atoms with Crippen molar-refractivity contribution >= 4 is 22.2 Å². The van der Waals surface area contributed by atoms with Gasteiger partial charge in [0.1, 0.15) is 0 Å². The smallest absolute Gasteiger partial charge is 0.232 e. The van der Waals surface area contributed by atoms with Gasteiger partial charge in [-0.1, -0.05) is 24.3 Å². The molecule has 0 aliphatic rings. The van der Waals surface area contributed by atoms with Crippen LogP contribution in [0.15, 0.2) is 48.7 Å². The zero-order valence-electron chi connectivity index (χ0n) is 12.8. The maximum atomic E-state index is 14.0. The molecule has 1 atom stereocenters. The fraction of sp³-hybridized carbons (Fsp3) is 0.118. The van der Waals surface area contributed by atoms with Crippen molar-refractivity contribution in [3.05, 3.63) is 60.0 Å². The van der Waals surface area contributed by atoms with Crippen molar-refractivity contribution in [2.75, 3.05) is 7.11 Å². The highest BCUT2D eigenvalue weighted by Crippen LogP contribution is 2.31. The Hall–Kier alpha value is -2.35. The van der Waals surface area contributed by atoms with E-state index < -0.39 is 17.1 Å². The van der Waals surface area contributed by atoms with Crippen LogP contribution >= 0.6 is 0 Å². The van der Waals surface area contributed by atoms with E-state index in [4.69, 9.17) is 9.29 Å². The summed E-state index contributed by atoms with van der Waals surface area (Å²) in [7, 11) is 1.42. The lowest BCUT2D eigenvalue weighted by molar-refractivity contribution is 0.387. The summed E-state index contributed by atoms with van der Waals surface area (Å²) >= 11 is -2.04. The number of hydrogen-bond acceptors (Lipinski definition) is 3. The largest absolute Gasteiger partial charge is 0.494 e. The predicted molar refractivity (Wildman–Crippen MR) is 91.3 cm³/mol. The lowest BCUT2D eigenvalue weighted by atomic mass is 10.00. The highest BCUT2D eigenvalue weighted by atomic mass is 32.2. The van der Waals surface area contributed by atoms with Gasteiger partial charge >= 0.3 is 0 Å². The first kappa shape index (κ1) is 16.5. The number of nitrogens with zero attached hydrogens (tertiary/aromatic N) is 1. The molecule has 0 radical (unpaired) electrons. The van der Waals surface area contributed by atoms with Crippen LogP contribution in [0.1, 0.15) is 5.56 Å². The van der Waals surface area contributed by atoms with Gasteiger partial charge in [-0.05, 0) is 28.8 Å². The monoisotopic (exact) mass is 346 g/mol. The second-order valence-corrected chi connectivity index (χ2v) is 5.92. The molecule has 0 saturated heterocycles. The zero-order valence-corrected chi connectivity index (χ0v) is 13.6. The lowest BCUT2D eigenvalue weighted by Gasteiger charge is -2.09. The van der Waals surface area contributed by atoms with Gasteiger partial charge in [0.15, 0.2) is 11.6 Å². The molecule has 0 spiro atoms. The van der Waals surface area contributed by atoms with E-state index in [0.29, 0.717) is 10.9 Å². The molecular formula is C17H15FN2O3S. The van der Waals surface area contributed by atoms with E-state index >= 15 is 0 Å². The number of benzene rings is 2. The van der Waals surface area contributed by atoms with Crippen LogP contribution in [0.5, 0.6) is 5.75 Å². The number of pyridine rings is 1. The Morgan fingerprint density at radius 1 is 1.25 bits per heavy atom. The molecule has 2 N–H and O–H groups in total. The van der Waals surface area contributed by atoms with Crippen LogP contribution < -0.4 is 9.46 Å². The highest BCUT2D eigenvalue weighted by Gasteiger charge is 2.10. The molecule has 124 valence electrons. The van der Waals surface area contributed by atoms with Crippen LogP contribution in [-0.4, -0.2) is 20.9 Å².